The molecule has 7 nitrogen and oxygen atoms in total. The lowest BCUT2D eigenvalue weighted by Gasteiger charge is -2.36. The molecule has 0 amide bonds. The molecule has 0 saturated carbocycles. The number of hydrogen-bond donors (Lipinski definition) is 4. The molecular weight excluding hydrogens is 436 g/mol. The second kappa shape index (κ2) is 19.5. The third-order valence-electron chi connectivity index (χ3n) is 6.86. The number of ether oxygens (including phenoxy) is 2. The Hall–Kier alpha value is -0.730. The Bertz CT molecular complexity index is 501. The van der Waals surface area contributed by atoms with Crippen molar-refractivity contribution >= 4 is 5.97 Å². The van der Waals surface area contributed by atoms with Crippen LogP contribution in [0.4, 0.5) is 0 Å². The second-order valence-corrected chi connectivity index (χ2v) is 10.3. The standard InChI is InChI=1S/C27H52O7/c1-21(33-27-25(30)20-24(29)22(2)34-27)17-15-13-11-9-7-5-3-4-6-8-10-12-14-16-18-23(28)19-26(31)32/h21-25,27-30H,3-20H2,1-2H3,(H,31,32)/t21-,22+,23-,24-,25-,27-/m1/s1. The lowest BCUT2D eigenvalue weighted by atomic mass is 10.0. The number of carboxylic acids is 1. The van der Waals surface area contributed by atoms with Gasteiger partial charge < -0.3 is 29.9 Å². The molecular formula is C27H52O7. The molecule has 0 aromatic heterocycles. The van der Waals surface area contributed by atoms with Crippen molar-refractivity contribution in [3.8, 4) is 0 Å². The van der Waals surface area contributed by atoms with Crippen LogP contribution < -0.4 is 0 Å². The molecule has 4 N–H and O–H groups in total. The number of rotatable bonds is 21. The van der Waals surface area contributed by atoms with Gasteiger partial charge in [-0.1, -0.05) is 89.9 Å². The smallest absolute Gasteiger partial charge is 0.305 e. The summed E-state index contributed by atoms with van der Waals surface area (Å²) in [7, 11) is 0. The predicted octanol–water partition coefficient (Wildman–Crippen LogP) is 5.33. The Labute approximate surface area is 207 Å². The van der Waals surface area contributed by atoms with E-state index in [0.29, 0.717) is 12.8 Å². The number of carboxylic acid groups (broad SMARTS) is 1. The zero-order chi connectivity index (χ0) is 25.2. The van der Waals surface area contributed by atoms with Crippen molar-refractivity contribution in [2.24, 2.45) is 0 Å². The van der Waals surface area contributed by atoms with E-state index < -0.39 is 30.6 Å². The van der Waals surface area contributed by atoms with Gasteiger partial charge in [0.15, 0.2) is 6.29 Å². The van der Waals surface area contributed by atoms with Gasteiger partial charge in [-0.2, -0.15) is 0 Å². The van der Waals surface area contributed by atoms with Crippen LogP contribution in [0.2, 0.25) is 0 Å². The van der Waals surface area contributed by atoms with Crippen molar-refractivity contribution in [1.29, 1.82) is 0 Å². The SMILES string of the molecule is C[C@H](CCCCCCCCCCCCCCCC[C@@H](O)CC(=O)O)O[C@@H]1O[C@@H](C)[C@H](O)C[C@H]1O. The zero-order valence-corrected chi connectivity index (χ0v) is 21.7. The molecule has 1 aliphatic heterocycles. The summed E-state index contributed by atoms with van der Waals surface area (Å²) in [6.07, 6.45) is 16.0. The van der Waals surface area contributed by atoms with E-state index in [1.165, 1.54) is 70.6 Å². The number of carbonyl (C=O) groups is 1. The minimum absolute atomic E-state index is 0.0469. The van der Waals surface area contributed by atoms with Crippen molar-refractivity contribution in [3.05, 3.63) is 0 Å². The maximum atomic E-state index is 10.5. The van der Waals surface area contributed by atoms with Crippen LogP contribution in [-0.2, 0) is 14.3 Å². The molecule has 6 atom stereocenters. The van der Waals surface area contributed by atoms with Gasteiger partial charge in [-0.3, -0.25) is 4.79 Å². The van der Waals surface area contributed by atoms with E-state index in [-0.39, 0.29) is 18.6 Å². The fraction of sp³-hybridized carbons (Fsp3) is 0.963. The second-order valence-electron chi connectivity index (χ2n) is 10.3. The Morgan fingerprint density at radius 3 is 1.74 bits per heavy atom. The van der Waals surface area contributed by atoms with Gasteiger partial charge in [0.25, 0.3) is 0 Å². The Morgan fingerprint density at radius 2 is 1.26 bits per heavy atom. The molecule has 7 heteroatoms. The number of aliphatic hydroxyl groups excluding tert-OH is 3. The monoisotopic (exact) mass is 488 g/mol. The van der Waals surface area contributed by atoms with E-state index in [1.54, 1.807) is 0 Å². The molecule has 1 saturated heterocycles. The van der Waals surface area contributed by atoms with Crippen molar-refractivity contribution in [3.63, 3.8) is 0 Å². The van der Waals surface area contributed by atoms with E-state index in [0.717, 1.165) is 25.7 Å². The summed E-state index contributed by atoms with van der Waals surface area (Å²) < 4.78 is 11.4. The van der Waals surface area contributed by atoms with E-state index in [1.807, 2.05) is 13.8 Å². The van der Waals surface area contributed by atoms with Gasteiger partial charge in [-0.15, -0.1) is 0 Å². The average molecular weight is 489 g/mol. The molecule has 202 valence electrons. The summed E-state index contributed by atoms with van der Waals surface area (Å²) in [4.78, 5) is 10.5. The van der Waals surface area contributed by atoms with Gasteiger partial charge in [0, 0.05) is 6.42 Å². The Morgan fingerprint density at radius 1 is 0.824 bits per heavy atom. The van der Waals surface area contributed by atoms with E-state index in [2.05, 4.69) is 0 Å². The minimum atomic E-state index is -0.923. The molecule has 0 aliphatic carbocycles. The maximum Gasteiger partial charge on any atom is 0.305 e. The third kappa shape index (κ3) is 16.0. The van der Waals surface area contributed by atoms with Gasteiger partial charge in [0.1, 0.15) is 6.10 Å². The van der Waals surface area contributed by atoms with Crippen molar-refractivity contribution < 1.29 is 34.7 Å². The highest BCUT2D eigenvalue weighted by Gasteiger charge is 2.35. The quantitative estimate of drug-likeness (QED) is 0.161. The summed E-state index contributed by atoms with van der Waals surface area (Å²) in [6.45, 7) is 3.83. The highest BCUT2D eigenvalue weighted by molar-refractivity contribution is 5.67. The van der Waals surface area contributed by atoms with Crippen molar-refractivity contribution in [2.75, 3.05) is 0 Å². The topological polar surface area (TPSA) is 116 Å². The van der Waals surface area contributed by atoms with Gasteiger partial charge in [0.05, 0.1) is 30.8 Å². The normalized spacial score (nSPS) is 24.7. The number of hydrogen-bond acceptors (Lipinski definition) is 6. The van der Waals surface area contributed by atoms with Crippen molar-refractivity contribution in [1.82, 2.24) is 0 Å². The Balaban J connectivity index is 1.81. The lowest BCUT2D eigenvalue weighted by molar-refractivity contribution is -0.273. The fourth-order valence-electron chi connectivity index (χ4n) is 4.60. The van der Waals surface area contributed by atoms with Gasteiger partial charge in [-0.25, -0.2) is 0 Å². The third-order valence-corrected chi connectivity index (χ3v) is 6.86. The first kappa shape index (κ1) is 31.3. The van der Waals surface area contributed by atoms with E-state index >= 15 is 0 Å². The molecule has 1 aliphatic rings. The minimum Gasteiger partial charge on any atom is -0.481 e. The van der Waals surface area contributed by atoms with E-state index in [9.17, 15) is 20.1 Å². The van der Waals surface area contributed by atoms with Crippen LogP contribution in [0.15, 0.2) is 0 Å². The molecule has 0 aromatic rings. The molecule has 0 aromatic carbocycles. The number of aliphatic carboxylic acids is 1. The summed E-state index contributed by atoms with van der Waals surface area (Å²) in [5, 5.41) is 37.9. The molecule has 0 spiro atoms. The van der Waals surface area contributed by atoms with Crippen molar-refractivity contribution in [2.45, 2.75) is 166 Å². The highest BCUT2D eigenvalue weighted by Crippen LogP contribution is 2.23. The summed E-state index contributed by atoms with van der Waals surface area (Å²) >= 11 is 0. The summed E-state index contributed by atoms with van der Waals surface area (Å²) in [5.41, 5.74) is 0. The van der Waals surface area contributed by atoms with Crippen LogP contribution in [0.25, 0.3) is 0 Å². The van der Waals surface area contributed by atoms with Gasteiger partial charge in [0.2, 0.25) is 0 Å². The van der Waals surface area contributed by atoms with Gasteiger partial charge >= 0.3 is 5.97 Å². The molecule has 0 unspecified atom stereocenters. The van der Waals surface area contributed by atoms with Gasteiger partial charge in [-0.05, 0) is 26.7 Å². The maximum absolute atomic E-state index is 10.5. The Kier molecular flexibility index (Phi) is 17.9. The molecule has 0 bridgehead atoms. The molecule has 1 heterocycles. The first-order chi connectivity index (χ1) is 16.3. The first-order valence-corrected chi connectivity index (χ1v) is 13.9. The molecule has 1 fully saturated rings. The number of unbranched alkanes of at least 4 members (excludes halogenated alkanes) is 13. The lowest BCUT2D eigenvalue weighted by Crippen LogP contribution is -2.48. The largest absolute Gasteiger partial charge is 0.481 e. The molecule has 34 heavy (non-hydrogen) atoms. The summed E-state index contributed by atoms with van der Waals surface area (Å²) in [6, 6.07) is 0. The predicted molar refractivity (Wildman–Crippen MR) is 134 cm³/mol. The van der Waals surface area contributed by atoms with Crippen LogP contribution in [0.5, 0.6) is 0 Å². The zero-order valence-electron chi connectivity index (χ0n) is 21.7. The van der Waals surface area contributed by atoms with E-state index in [4.69, 9.17) is 14.6 Å². The number of aliphatic hydroxyl groups is 3. The first-order valence-electron chi connectivity index (χ1n) is 13.9. The summed E-state index contributed by atoms with van der Waals surface area (Å²) in [5.74, 6) is -0.923. The molecule has 0 radical (unpaired) electrons. The van der Waals surface area contributed by atoms with Crippen LogP contribution >= 0.6 is 0 Å². The van der Waals surface area contributed by atoms with Crippen LogP contribution in [-0.4, -0.2) is 63.2 Å². The fourth-order valence-corrected chi connectivity index (χ4v) is 4.60. The highest BCUT2D eigenvalue weighted by atomic mass is 16.7. The van der Waals surface area contributed by atoms with Crippen LogP contribution in [0, 0.1) is 0 Å². The molecule has 1 rings (SSSR count). The average Bonchev–Trinajstić information content (AvgIpc) is 2.76. The van der Waals surface area contributed by atoms with Crippen LogP contribution in [0.1, 0.15) is 129 Å². The van der Waals surface area contributed by atoms with Crippen LogP contribution in [0.3, 0.4) is 0 Å².